The molecule has 4 heterocycles. The molecule has 3 aromatic rings. The molecule has 57 heavy (non-hydrogen) atoms. The van der Waals surface area contributed by atoms with Crippen molar-refractivity contribution < 1.29 is 24.5 Å². The first-order valence-electron chi connectivity index (χ1n) is 20.3. The Morgan fingerprint density at radius 1 is 1.14 bits per heavy atom. The molecule has 3 unspecified atom stereocenters. The van der Waals surface area contributed by atoms with Gasteiger partial charge < -0.3 is 40.5 Å². The van der Waals surface area contributed by atoms with Crippen molar-refractivity contribution in [2.75, 3.05) is 46.9 Å². The molecule has 1 aromatic carbocycles. The van der Waals surface area contributed by atoms with Gasteiger partial charge in [0.25, 0.3) is 5.95 Å². The summed E-state index contributed by atoms with van der Waals surface area (Å²) in [4.78, 5) is 11.1. The van der Waals surface area contributed by atoms with Crippen molar-refractivity contribution in [1.29, 1.82) is 5.41 Å². The van der Waals surface area contributed by atoms with Gasteiger partial charge in [0.1, 0.15) is 36.3 Å². The molecule has 4 saturated carbocycles. The van der Waals surface area contributed by atoms with Crippen molar-refractivity contribution >= 4 is 43.9 Å². The summed E-state index contributed by atoms with van der Waals surface area (Å²) in [6.45, 7) is 10.2. The summed E-state index contributed by atoms with van der Waals surface area (Å²) in [5, 5.41) is 48.8. The highest BCUT2D eigenvalue weighted by Gasteiger charge is 2.62. The number of likely N-dealkylation sites (N-methyl/N-ethyl adjacent to an activating group) is 1. The standard InChI is InChI=1S/C43H57N9O4S/c1-27(37(44)49-40-47-33-10-6-7-11-34(33)57-40)30-9-8-14-50(38(30)45)35-13-12-31(36(48-35)39(54)55)32-22-46-51(28(32)2)26-42-20-29-19-41(3,23-42)24-43(21-29,25-42)56-18-16-52(4,5)15-17-53/h6-7,10-13,22,29,53H,8-9,14-21,23-26H2,1-5H3,(H5-,44,45,47,48,49,54,55)/p+1/t29?,41-,42?,43?/m0/s1. The number of nitrogens with two attached hydrogens (primary N) is 1. The Morgan fingerprint density at radius 2 is 1.95 bits per heavy atom. The monoisotopic (exact) mass is 796 g/mol. The van der Waals surface area contributed by atoms with Gasteiger partial charge in [0.05, 0.1) is 49.3 Å². The van der Waals surface area contributed by atoms with E-state index in [4.69, 9.17) is 15.6 Å². The fraction of sp³-hybridized carbons (Fsp3) is 0.535. The summed E-state index contributed by atoms with van der Waals surface area (Å²) in [6.07, 6.45) is 13.9. The molecule has 9 rings (SSSR count). The second kappa shape index (κ2) is 14.7. The molecule has 13 nitrogen and oxygen atoms in total. The zero-order chi connectivity index (χ0) is 40.3. The van der Waals surface area contributed by atoms with Crippen LogP contribution in [-0.2, 0) is 11.3 Å². The van der Waals surface area contributed by atoms with Gasteiger partial charge in [-0.15, -0.1) is 0 Å². The van der Waals surface area contributed by atoms with Crippen LogP contribution in [0.3, 0.4) is 0 Å². The van der Waals surface area contributed by atoms with Gasteiger partial charge in [-0.25, -0.2) is 9.98 Å². The molecule has 2 aliphatic heterocycles. The number of rotatable bonds is 12. The minimum Gasteiger partial charge on any atom is -0.480 e. The maximum absolute atomic E-state index is 10.6. The van der Waals surface area contributed by atoms with Crippen LogP contribution in [-0.4, -0.2) is 104 Å². The second-order valence-electron chi connectivity index (χ2n) is 18.4. The maximum Gasteiger partial charge on any atom is 0.299 e. The average molecular weight is 797 g/mol. The van der Waals surface area contributed by atoms with E-state index >= 15 is 0 Å². The number of allylic oxidation sites excluding steroid dienone is 3. The number of quaternary nitrogens is 1. The summed E-state index contributed by atoms with van der Waals surface area (Å²) in [6, 6.07) is 7.87. The minimum atomic E-state index is -0.824. The number of hydrogen-bond acceptors (Lipinski definition) is 10. The van der Waals surface area contributed by atoms with Crippen LogP contribution in [0.5, 0.6) is 0 Å². The zero-order valence-electron chi connectivity index (χ0n) is 33.9. The molecule has 304 valence electrons. The molecular weight excluding hydrogens is 739 g/mol. The summed E-state index contributed by atoms with van der Waals surface area (Å²) in [7, 11) is 4.30. The van der Waals surface area contributed by atoms with Gasteiger partial charge in [0.2, 0.25) is 5.13 Å². The quantitative estimate of drug-likeness (QED) is 0.0498. The third-order valence-electron chi connectivity index (χ3n) is 13.2. The number of nitrogens with one attached hydrogen (secondary N) is 2. The Hall–Kier alpha value is -4.50. The van der Waals surface area contributed by atoms with E-state index < -0.39 is 5.95 Å². The van der Waals surface area contributed by atoms with Crippen LogP contribution in [0.25, 0.3) is 15.8 Å². The molecular formula is C43H58N9O4S+. The number of aliphatic hydroxyl groups is 3. The van der Waals surface area contributed by atoms with Crippen LogP contribution in [0.4, 0.5) is 5.13 Å². The van der Waals surface area contributed by atoms with Crippen molar-refractivity contribution in [3.63, 3.8) is 0 Å². The lowest BCUT2D eigenvalue weighted by atomic mass is 9.43. The van der Waals surface area contributed by atoms with Gasteiger partial charge in [0.15, 0.2) is 0 Å². The molecule has 4 atom stereocenters. The third kappa shape index (κ3) is 7.64. The number of aliphatic hydroxyl groups excluding tert-OH is 2. The minimum absolute atomic E-state index is 0.0716. The highest BCUT2D eigenvalue weighted by molar-refractivity contribution is 7.22. The number of para-hydroxylation sites is 1. The first kappa shape index (κ1) is 39.3. The van der Waals surface area contributed by atoms with Gasteiger partial charge in [-0.05, 0) is 112 Å². The van der Waals surface area contributed by atoms with E-state index in [2.05, 4.69) is 47.9 Å². The van der Waals surface area contributed by atoms with Gasteiger partial charge in [0, 0.05) is 35.5 Å². The molecule has 6 aliphatic rings. The average Bonchev–Trinajstić information content (AvgIpc) is 3.71. The molecule has 4 aliphatic carbocycles. The van der Waals surface area contributed by atoms with Gasteiger partial charge in [-0.3, -0.25) is 10.1 Å². The SMILES string of the molecule is CC(=C1\CCCN(C2=CC=C(c3cnn(CC45CC6CC(OCC[N+](C)(C)CCO)(C4)C[C@@](C)(C6)C5)c3C)C(=C(O)O)N2)C1=N)/C(N)=N\c1nc2ccccc2s1. The van der Waals surface area contributed by atoms with Crippen molar-refractivity contribution in [3.8, 4) is 0 Å². The number of amidine groups is 2. The first-order chi connectivity index (χ1) is 27.1. The fourth-order valence-electron chi connectivity index (χ4n) is 11.2. The van der Waals surface area contributed by atoms with Crippen LogP contribution in [0.2, 0.25) is 0 Å². The number of dihydropyridines is 1. The van der Waals surface area contributed by atoms with Crippen molar-refractivity contribution in [1.82, 2.24) is 25.0 Å². The molecule has 4 bridgehead atoms. The van der Waals surface area contributed by atoms with Crippen molar-refractivity contribution in [2.45, 2.75) is 84.3 Å². The third-order valence-corrected chi connectivity index (χ3v) is 14.2. The van der Waals surface area contributed by atoms with Crippen LogP contribution in [0, 0.1) is 29.1 Å². The van der Waals surface area contributed by atoms with Crippen LogP contribution < -0.4 is 11.1 Å². The number of ether oxygens (including phenoxy) is 1. The number of piperidine rings is 1. The Morgan fingerprint density at radius 3 is 2.70 bits per heavy atom. The summed E-state index contributed by atoms with van der Waals surface area (Å²) < 4.78 is 10.8. The van der Waals surface area contributed by atoms with Crippen LogP contribution in [0.1, 0.15) is 76.5 Å². The van der Waals surface area contributed by atoms with Gasteiger partial charge in [-0.1, -0.05) is 30.4 Å². The number of thiazole rings is 1. The fourth-order valence-corrected chi connectivity index (χ4v) is 12.0. The zero-order valence-corrected chi connectivity index (χ0v) is 34.8. The van der Waals surface area contributed by atoms with E-state index in [9.17, 15) is 20.7 Å². The lowest BCUT2D eigenvalue weighted by molar-refractivity contribution is -0.891. The largest absolute Gasteiger partial charge is 0.480 e. The number of nitrogens with zero attached hydrogens (tertiary/aromatic N) is 6. The second-order valence-corrected chi connectivity index (χ2v) is 19.4. The smallest absolute Gasteiger partial charge is 0.299 e. The Labute approximate surface area is 339 Å². The number of aromatic nitrogens is 3. The van der Waals surface area contributed by atoms with E-state index in [0.717, 1.165) is 82.3 Å². The van der Waals surface area contributed by atoms with Crippen LogP contribution in [0.15, 0.2) is 76.2 Å². The van der Waals surface area contributed by atoms with Gasteiger partial charge >= 0.3 is 0 Å². The Kier molecular flexibility index (Phi) is 10.1. The predicted molar refractivity (Wildman–Crippen MR) is 225 cm³/mol. The molecule has 1 saturated heterocycles. The molecule has 0 spiro atoms. The number of aliphatic imine (C=N–C) groups is 1. The van der Waals surface area contributed by atoms with E-state index in [1.807, 2.05) is 54.4 Å². The normalized spacial score (nSPS) is 28.5. The molecule has 0 radical (unpaired) electrons. The molecule has 7 N–H and O–H groups in total. The number of likely N-dealkylation sites (tertiary alicyclic amines) is 1. The number of fused-ring (bicyclic) bond motifs is 1. The van der Waals surface area contributed by atoms with Crippen molar-refractivity contribution in [2.24, 2.45) is 27.5 Å². The number of benzene rings is 1. The summed E-state index contributed by atoms with van der Waals surface area (Å²) in [5.74, 6) is 0.993. The topological polar surface area (TPSA) is 178 Å². The first-order valence-corrected chi connectivity index (χ1v) is 21.1. The maximum atomic E-state index is 10.6. The molecule has 2 aromatic heterocycles. The van der Waals surface area contributed by atoms with Crippen LogP contribution >= 0.6 is 11.3 Å². The molecule has 14 heteroatoms. The lowest BCUT2D eigenvalue weighted by Crippen LogP contribution is -2.61. The molecule has 0 amide bonds. The van der Waals surface area contributed by atoms with E-state index in [0.29, 0.717) is 54.4 Å². The predicted octanol–water partition coefficient (Wildman–Crippen LogP) is 6.81. The molecule has 5 fully saturated rings. The van der Waals surface area contributed by atoms with E-state index in [-0.39, 0.29) is 34.6 Å². The summed E-state index contributed by atoms with van der Waals surface area (Å²) >= 11 is 1.47. The van der Waals surface area contributed by atoms with E-state index in [1.165, 1.54) is 24.2 Å². The summed E-state index contributed by atoms with van der Waals surface area (Å²) in [5.41, 5.74) is 11.7. The Bertz CT molecular complexity index is 2210. The van der Waals surface area contributed by atoms with Crippen molar-refractivity contribution in [3.05, 3.63) is 82.5 Å². The highest BCUT2D eigenvalue weighted by atomic mass is 32.1. The lowest BCUT2D eigenvalue weighted by Gasteiger charge is -2.65. The van der Waals surface area contributed by atoms with E-state index in [1.54, 1.807) is 0 Å². The Balaban J connectivity index is 1.01. The van der Waals surface area contributed by atoms with Gasteiger partial charge in [-0.2, -0.15) is 5.10 Å². The number of hydrogen-bond donors (Lipinski definition) is 6. The highest BCUT2D eigenvalue weighted by Crippen LogP contribution is 2.68.